The fourth-order valence-corrected chi connectivity index (χ4v) is 1.57. The highest BCUT2D eigenvalue weighted by molar-refractivity contribution is 5.91. The monoisotopic (exact) mass is 223 g/mol. The summed E-state index contributed by atoms with van der Waals surface area (Å²) >= 11 is 0. The largest absolute Gasteiger partial charge is 0.382 e. The lowest BCUT2D eigenvalue weighted by atomic mass is 10.0. The Labute approximate surface area is 93.0 Å². The molecule has 0 amide bonds. The van der Waals surface area contributed by atoms with Gasteiger partial charge in [0.05, 0.1) is 5.39 Å². The quantitative estimate of drug-likeness (QED) is 0.564. The molecule has 0 fully saturated rings. The summed E-state index contributed by atoms with van der Waals surface area (Å²) in [5.74, 6) is 0.680. The van der Waals surface area contributed by atoms with Crippen molar-refractivity contribution < 1.29 is 0 Å². The van der Waals surface area contributed by atoms with Crippen LogP contribution in [0.1, 0.15) is 25.3 Å². The molecule has 0 aliphatic heterocycles. The Kier molecular flexibility index (Phi) is 3.68. The normalized spacial score (nSPS) is 10.3. The van der Waals surface area contributed by atoms with Gasteiger partial charge in [0.2, 0.25) is 0 Å². The van der Waals surface area contributed by atoms with Crippen LogP contribution >= 0.6 is 0 Å². The number of nitrogen functional groups attached to an aromatic ring is 1. The summed E-state index contributed by atoms with van der Waals surface area (Å²) in [5, 5.41) is 6.81. The Bertz CT molecular complexity index is 525. The number of aromatic amines is 2. The highest BCUT2D eigenvalue weighted by atomic mass is 16.1. The molecule has 2 rings (SSSR count). The molecule has 2 heterocycles. The average Bonchev–Trinajstić information content (AvgIpc) is 2.72. The standard InChI is InChI=1S/C9H12N4O.CH5N/c1-4(2)5-3-11-7-6(5)8(10)12-13-9(7)14;1-2/h3-4,11H,1-2H3,(H2,10,12)(H,13,14);2H2,1H3. The van der Waals surface area contributed by atoms with E-state index in [1.54, 1.807) is 0 Å². The molecule has 0 bridgehead atoms. The Morgan fingerprint density at radius 3 is 2.56 bits per heavy atom. The molecule has 6 heteroatoms. The minimum atomic E-state index is -0.235. The van der Waals surface area contributed by atoms with Crippen molar-refractivity contribution in [3.63, 3.8) is 0 Å². The summed E-state index contributed by atoms with van der Waals surface area (Å²) in [5.41, 5.74) is 11.5. The fraction of sp³-hybridized carbons (Fsp3) is 0.400. The molecule has 0 aliphatic carbocycles. The predicted molar refractivity (Wildman–Crippen MR) is 65.3 cm³/mol. The molecular weight excluding hydrogens is 206 g/mol. The van der Waals surface area contributed by atoms with Crippen molar-refractivity contribution in [3.05, 3.63) is 22.1 Å². The van der Waals surface area contributed by atoms with Gasteiger partial charge in [0, 0.05) is 6.20 Å². The third kappa shape index (κ3) is 1.92. The van der Waals surface area contributed by atoms with Crippen LogP contribution in [0.2, 0.25) is 0 Å². The molecule has 16 heavy (non-hydrogen) atoms. The molecule has 0 radical (unpaired) electrons. The van der Waals surface area contributed by atoms with E-state index in [0.717, 1.165) is 10.9 Å². The van der Waals surface area contributed by atoms with Gasteiger partial charge in [-0.3, -0.25) is 4.79 Å². The number of hydrogen-bond donors (Lipinski definition) is 4. The van der Waals surface area contributed by atoms with E-state index in [1.165, 1.54) is 7.05 Å². The van der Waals surface area contributed by atoms with E-state index in [9.17, 15) is 4.79 Å². The Hall–Kier alpha value is -1.82. The molecule has 2 aromatic rings. The van der Waals surface area contributed by atoms with Crippen molar-refractivity contribution >= 4 is 16.7 Å². The summed E-state index contributed by atoms with van der Waals surface area (Å²) < 4.78 is 0. The summed E-state index contributed by atoms with van der Waals surface area (Å²) in [6, 6.07) is 0. The van der Waals surface area contributed by atoms with Crippen LogP contribution in [-0.2, 0) is 0 Å². The first kappa shape index (κ1) is 12.3. The fourth-order valence-electron chi connectivity index (χ4n) is 1.57. The van der Waals surface area contributed by atoms with Gasteiger partial charge >= 0.3 is 0 Å². The minimum absolute atomic E-state index is 0.235. The van der Waals surface area contributed by atoms with E-state index < -0.39 is 0 Å². The number of rotatable bonds is 1. The predicted octanol–water partition coefficient (Wildman–Crippen LogP) is 0.532. The molecule has 0 saturated carbocycles. The number of nitrogens with one attached hydrogen (secondary N) is 2. The maximum Gasteiger partial charge on any atom is 0.288 e. The van der Waals surface area contributed by atoms with Gasteiger partial charge in [0.15, 0.2) is 5.82 Å². The van der Waals surface area contributed by atoms with Crippen molar-refractivity contribution in [1.82, 2.24) is 15.2 Å². The molecule has 2 aromatic heterocycles. The van der Waals surface area contributed by atoms with Gasteiger partial charge in [-0.1, -0.05) is 13.8 Å². The third-order valence-electron chi connectivity index (χ3n) is 2.29. The molecule has 6 N–H and O–H groups in total. The number of hydrogen-bond acceptors (Lipinski definition) is 4. The zero-order chi connectivity index (χ0) is 12.3. The molecule has 0 aromatic carbocycles. The second kappa shape index (κ2) is 4.80. The molecule has 0 atom stereocenters. The van der Waals surface area contributed by atoms with E-state index in [-0.39, 0.29) is 5.56 Å². The lowest BCUT2D eigenvalue weighted by molar-refractivity contribution is 0.875. The van der Waals surface area contributed by atoms with Crippen molar-refractivity contribution in [1.29, 1.82) is 0 Å². The van der Waals surface area contributed by atoms with Crippen LogP contribution < -0.4 is 17.0 Å². The van der Waals surface area contributed by atoms with E-state index in [1.807, 2.05) is 20.0 Å². The molecule has 0 unspecified atom stereocenters. The Balaban J connectivity index is 0.000000606. The number of nitrogens with two attached hydrogens (primary N) is 2. The number of fused-ring (bicyclic) bond motifs is 1. The molecular formula is C10H17N5O. The molecule has 88 valence electrons. The SMILES string of the molecule is CC(C)c1c[nH]c2c(=O)[nH]nc(N)c12.CN. The minimum Gasteiger partial charge on any atom is -0.382 e. The zero-order valence-electron chi connectivity index (χ0n) is 9.66. The smallest absolute Gasteiger partial charge is 0.288 e. The van der Waals surface area contributed by atoms with Crippen LogP contribution in [-0.4, -0.2) is 22.2 Å². The first-order chi connectivity index (χ1) is 7.61. The summed E-state index contributed by atoms with van der Waals surface area (Å²) in [6.45, 7) is 4.09. The number of nitrogens with zero attached hydrogens (tertiary/aromatic N) is 1. The van der Waals surface area contributed by atoms with Crippen LogP contribution in [0.5, 0.6) is 0 Å². The Morgan fingerprint density at radius 1 is 1.38 bits per heavy atom. The molecule has 0 saturated heterocycles. The highest BCUT2D eigenvalue weighted by Gasteiger charge is 2.12. The third-order valence-corrected chi connectivity index (χ3v) is 2.29. The second-order valence-corrected chi connectivity index (χ2v) is 3.59. The summed E-state index contributed by atoms with van der Waals surface area (Å²) in [7, 11) is 1.50. The number of H-pyrrole nitrogens is 2. The average molecular weight is 223 g/mol. The maximum absolute atomic E-state index is 11.4. The van der Waals surface area contributed by atoms with Gasteiger partial charge in [-0.25, -0.2) is 5.10 Å². The first-order valence-electron chi connectivity index (χ1n) is 5.04. The van der Waals surface area contributed by atoms with E-state index in [2.05, 4.69) is 20.9 Å². The maximum atomic E-state index is 11.4. The zero-order valence-corrected chi connectivity index (χ0v) is 9.66. The van der Waals surface area contributed by atoms with Crippen LogP contribution in [0.4, 0.5) is 5.82 Å². The van der Waals surface area contributed by atoms with Crippen LogP contribution in [0.25, 0.3) is 10.9 Å². The van der Waals surface area contributed by atoms with Gasteiger partial charge in [0.1, 0.15) is 5.52 Å². The van der Waals surface area contributed by atoms with Crippen LogP contribution in [0.3, 0.4) is 0 Å². The van der Waals surface area contributed by atoms with E-state index in [0.29, 0.717) is 17.3 Å². The second-order valence-electron chi connectivity index (χ2n) is 3.59. The highest BCUT2D eigenvalue weighted by Crippen LogP contribution is 2.25. The van der Waals surface area contributed by atoms with Crippen molar-refractivity contribution in [3.8, 4) is 0 Å². The lowest BCUT2D eigenvalue weighted by Gasteiger charge is -2.02. The van der Waals surface area contributed by atoms with Crippen molar-refractivity contribution in [2.24, 2.45) is 5.73 Å². The van der Waals surface area contributed by atoms with Crippen molar-refractivity contribution in [2.45, 2.75) is 19.8 Å². The summed E-state index contributed by atoms with van der Waals surface area (Å²) in [4.78, 5) is 14.3. The van der Waals surface area contributed by atoms with Gasteiger partial charge in [-0.2, -0.15) is 5.10 Å². The lowest BCUT2D eigenvalue weighted by Crippen LogP contribution is -2.10. The van der Waals surface area contributed by atoms with Crippen LogP contribution in [0, 0.1) is 0 Å². The first-order valence-corrected chi connectivity index (χ1v) is 5.04. The van der Waals surface area contributed by atoms with E-state index in [4.69, 9.17) is 5.73 Å². The number of anilines is 1. The van der Waals surface area contributed by atoms with Gasteiger partial charge in [-0.05, 0) is 18.5 Å². The van der Waals surface area contributed by atoms with Gasteiger partial charge in [0.25, 0.3) is 5.56 Å². The topological polar surface area (TPSA) is 114 Å². The Morgan fingerprint density at radius 2 is 2.00 bits per heavy atom. The number of aromatic nitrogens is 3. The van der Waals surface area contributed by atoms with Crippen LogP contribution in [0.15, 0.2) is 11.0 Å². The van der Waals surface area contributed by atoms with Gasteiger partial charge in [-0.15, -0.1) is 0 Å². The molecule has 6 nitrogen and oxygen atoms in total. The molecule has 0 spiro atoms. The molecule has 0 aliphatic rings. The van der Waals surface area contributed by atoms with Crippen molar-refractivity contribution in [2.75, 3.05) is 12.8 Å². The van der Waals surface area contributed by atoms with Gasteiger partial charge < -0.3 is 16.5 Å². The van der Waals surface area contributed by atoms with E-state index >= 15 is 0 Å². The summed E-state index contributed by atoms with van der Waals surface area (Å²) in [6.07, 6.45) is 1.81.